The number of allylic oxidation sites excluding steroid dienone is 2. The lowest BCUT2D eigenvalue weighted by Gasteiger charge is -2.29. The summed E-state index contributed by atoms with van der Waals surface area (Å²) >= 11 is 24.6. The minimum atomic E-state index is -1.16. The minimum absolute atomic E-state index is 0.234. The summed E-state index contributed by atoms with van der Waals surface area (Å²) in [6.07, 6.45) is 0.468. The average molecular weight is 531 g/mol. The normalized spacial score (nSPS) is 14.5. The van der Waals surface area contributed by atoms with Gasteiger partial charge in [0.2, 0.25) is 0 Å². The third kappa shape index (κ3) is 4.80. The van der Waals surface area contributed by atoms with Gasteiger partial charge in [-0.25, -0.2) is 4.79 Å². The molecule has 0 saturated carbocycles. The summed E-state index contributed by atoms with van der Waals surface area (Å²) in [5, 5.41) is 5.87. The van der Waals surface area contributed by atoms with Crippen LogP contribution in [0.2, 0.25) is 20.1 Å². The Hall–Kier alpha value is -2.56. The summed E-state index contributed by atoms with van der Waals surface area (Å²) in [6.45, 7) is 8.48. The van der Waals surface area contributed by atoms with Crippen molar-refractivity contribution in [1.82, 2.24) is 0 Å². The van der Waals surface area contributed by atoms with E-state index in [0.717, 1.165) is 16.7 Å². The van der Waals surface area contributed by atoms with E-state index in [2.05, 4.69) is 18.3 Å². The molecule has 0 aromatic heterocycles. The van der Waals surface area contributed by atoms with Crippen molar-refractivity contribution in [3.63, 3.8) is 0 Å². The number of carbonyl (C=O) groups excluding carboxylic acids is 1. The van der Waals surface area contributed by atoms with Gasteiger partial charge < -0.3 is 4.84 Å². The lowest BCUT2D eigenvalue weighted by atomic mass is 9.70. The van der Waals surface area contributed by atoms with Crippen LogP contribution in [0.5, 0.6) is 0 Å². The van der Waals surface area contributed by atoms with Crippen molar-refractivity contribution in [2.45, 2.75) is 12.8 Å². The lowest BCUT2D eigenvalue weighted by molar-refractivity contribution is -0.147. The van der Waals surface area contributed by atoms with E-state index in [1.807, 2.05) is 42.5 Å². The van der Waals surface area contributed by atoms with Gasteiger partial charge in [0.25, 0.3) is 0 Å². The first-order valence-electron chi connectivity index (χ1n) is 10.3. The van der Waals surface area contributed by atoms with Crippen LogP contribution in [-0.2, 0) is 9.63 Å². The molecule has 172 valence electrons. The highest BCUT2D eigenvalue weighted by Gasteiger charge is 2.51. The van der Waals surface area contributed by atoms with E-state index >= 15 is 0 Å². The summed E-state index contributed by atoms with van der Waals surface area (Å²) < 4.78 is 0. The number of oxime groups is 1. The van der Waals surface area contributed by atoms with Gasteiger partial charge in [-0.2, -0.15) is 0 Å². The Morgan fingerprint density at radius 3 is 1.74 bits per heavy atom. The van der Waals surface area contributed by atoms with E-state index in [0.29, 0.717) is 36.9 Å². The van der Waals surface area contributed by atoms with Crippen molar-refractivity contribution in [3.8, 4) is 0 Å². The van der Waals surface area contributed by atoms with Gasteiger partial charge in [0.05, 0.1) is 20.1 Å². The quantitative estimate of drug-likeness (QED) is 0.286. The van der Waals surface area contributed by atoms with Crippen molar-refractivity contribution >= 4 is 69.2 Å². The summed E-state index contributed by atoms with van der Waals surface area (Å²) in [5.74, 6) is -0.478. The predicted molar refractivity (Wildman–Crippen MR) is 142 cm³/mol. The SMILES string of the molecule is C=C(CC1(CC(=C)c2ccc(Cl)c(Cl)c2)C(=O)ON=C1c1ccccc1)c1ccc(Cl)c(Cl)c1. The smallest absolute Gasteiger partial charge is 0.317 e. The fourth-order valence-electron chi connectivity index (χ4n) is 4.02. The van der Waals surface area contributed by atoms with Crippen LogP contribution in [0.15, 0.2) is 85.0 Å². The zero-order chi connectivity index (χ0) is 24.5. The molecule has 0 unspecified atom stereocenters. The van der Waals surface area contributed by atoms with Gasteiger partial charge in [-0.3, -0.25) is 0 Å². The molecule has 0 spiro atoms. The molecule has 0 N–H and O–H groups in total. The van der Waals surface area contributed by atoms with Crippen LogP contribution < -0.4 is 0 Å². The van der Waals surface area contributed by atoms with Crippen LogP contribution in [-0.4, -0.2) is 11.7 Å². The molecule has 1 heterocycles. The van der Waals surface area contributed by atoms with Gasteiger partial charge in [0, 0.05) is 5.56 Å². The molecular weight excluding hydrogens is 512 g/mol. The van der Waals surface area contributed by atoms with Gasteiger partial charge in [-0.1, -0.05) is 107 Å². The van der Waals surface area contributed by atoms with Crippen LogP contribution in [0.25, 0.3) is 11.1 Å². The second kappa shape index (κ2) is 9.97. The maximum absolute atomic E-state index is 13.3. The number of rotatable bonds is 7. The third-order valence-electron chi connectivity index (χ3n) is 5.80. The highest BCUT2D eigenvalue weighted by molar-refractivity contribution is 6.42. The summed E-state index contributed by atoms with van der Waals surface area (Å²) in [7, 11) is 0. The van der Waals surface area contributed by atoms with E-state index in [4.69, 9.17) is 51.2 Å². The van der Waals surface area contributed by atoms with E-state index in [9.17, 15) is 4.79 Å². The van der Waals surface area contributed by atoms with E-state index in [1.165, 1.54) is 0 Å². The van der Waals surface area contributed by atoms with Crippen LogP contribution >= 0.6 is 46.4 Å². The third-order valence-corrected chi connectivity index (χ3v) is 7.28. The Morgan fingerprint density at radius 1 is 0.765 bits per heavy atom. The molecule has 34 heavy (non-hydrogen) atoms. The number of halogens is 4. The van der Waals surface area contributed by atoms with Crippen LogP contribution in [0.1, 0.15) is 29.5 Å². The maximum Gasteiger partial charge on any atom is 0.347 e. The summed E-state index contributed by atoms with van der Waals surface area (Å²) in [4.78, 5) is 18.6. The van der Waals surface area contributed by atoms with Gasteiger partial charge in [-0.15, -0.1) is 0 Å². The molecule has 3 aromatic carbocycles. The van der Waals surface area contributed by atoms with Crippen LogP contribution in [0, 0.1) is 5.41 Å². The molecule has 3 aromatic rings. The molecule has 0 amide bonds. The second-order valence-corrected chi connectivity index (χ2v) is 9.71. The zero-order valence-corrected chi connectivity index (χ0v) is 21.0. The topological polar surface area (TPSA) is 38.7 Å². The van der Waals surface area contributed by atoms with Crippen LogP contribution in [0.3, 0.4) is 0 Å². The Morgan fingerprint density at radius 2 is 1.26 bits per heavy atom. The van der Waals surface area contributed by atoms with E-state index in [1.54, 1.807) is 24.3 Å². The lowest BCUT2D eigenvalue weighted by Crippen LogP contribution is -2.36. The van der Waals surface area contributed by atoms with Crippen molar-refractivity contribution in [2.24, 2.45) is 10.6 Å². The summed E-state index contributed by atoms with van der Waals surface area (Å²) in [6, 6.07) is 19.9. The van der Waals surface area contributed by atoms with Crippen molar-refractivity contribution in [3.05, 3.63) is 117 Å². The van der Waals surface area contributed by atoms with E-state index in [-0.39, 0.29) is 12.8 Å². The first-order chi connectivity index (χ1) is 16.2. The molecule has 4 rings (SSSR count). The van der Waals surface area contributed by atoms with Gasteiger partial charge in [0.15, 0.2) is 0 Å². The fourth-order valence-corrected chi connectivity index (χ4v) is 4.62. The minimum Gasteiger partial charge on any atom is -0.317 e. The largest absolute Gasteiger partial charge is 0.347 e. The summed E-state index contributed by atoms with van der Waals surface area (Å²) in [5.41, 5.74) is 3.03. The number of benzene rings is 3. The Balaban J connectivity index is 1.77. The zero-order valence-electron chi connectivity index (χ0n) is 18.0. The van der Waals surface area contributed by atoms with Crippen molar-refractivity contribution in [1.29, 1.82) is 0 Å². The highest BCUT2D eigenvalue weighted by Crippen LogP contribution is 2.46. The molecular formula is C27H19Cl4NO2. The first kappa shape index (κ1) is 24.6. The standard InChI is InChI=1S/C27H19Cl4NO2/c1-16(19-8-10-21(28)23(30)12-19)14-27(15-17(2)20-9-11-22(29)24(31)13-20)25(32-34-26(27)33)18-6-4-3-5-7-18/h3-13H,1-2,14-15H2. The highest BCUT2D eigenvalue weighted by atomic mass is 35.5. The van der Waals surface area contributed by atoms with Gasteiger partial charge >= 0.3 is 5.97 Å². The predicted octanol–water partition coefficient (Wildman–Crippen LogP) is 8.75. The molecule has 1 aliphatic rings. The number of hydrogen-bond acceptors (Lipinski definition) is 3. The maximum atomic E-state index is 13.3. The molecule has 0 radical (unpaired) electrons. The molecule has 0 fully saturated rings. The van der Waals surface area contributed by atoms with Crippen molar-refractivity contribution < 1.29 is 9.63 Å². The Bertz CT molecular complexity index is 1270. The average Bonchev–Trinajstić information content (AvgIpc) is 3.13. The van der Waals surface area contributed by atoms with Crippen molar-refractivity contribution in [2.75, 3.05) is 0 Å². The van der Waals surface area contributed by atoms with Gasteiger partial charge in [0.1, 0.15) is 11.1 Å². The molecule has 1 aliphatic heterocycles. The monoisotopic (exact) mass is 529 g/mol. The number of nitrogens with zero attached hydrogens (tertiary/aromatic N) is 1. The Kier molecular flexibility index (Phi) is 7.20. The Labute approximate surface area is 218 Å². The number of hydrogen-bond donors (Lipinski definition) is 0. The van der Waals surface area contributed by atoms with Crippen LogP contribution in [0.4, 0.5) is 0 Å². The first-order valence-corrected chi connectivity index (χ1v) is 11.8. The molecule has 7 heteroatoms. The second-order valence-electron chi connectivity index (χ2n) is 8.09. The molecule has 0 aliphatic carbocycles. The molecule has 0 bridgehead atoms. The molecule has 0 atom stereocenters. The molecule has 0 saturated heterocycles. The van der Waals surface area contributed by atoms with E-state index < -0.39 is 11.4 Å². The fraction of sp³-hybridized carbons (Fsp3) is 0.111. The molecule has 3 nitrogen and oxygen atoms in total. The number of carbonyl (C=O) groups is 1. The van der Waals surface area contributed by atoms with Gasteiger partial charge in [-0.05, 0) is 59.4 Å².